The molecule has 1 saturated carbocycles. The molecule has 4 nitrogen and oxygen atoms in total. The summed E-state index contributed by atoms with van der Waals surface area (Å²) in [5, 5.41) is 0. The number of rotatable bonds is 6. The SMILES string of the molecule is CN(CCC(N)=S)C(=O)COC1CCCCC1. The smallest absolute Gasteiger partial charge is 0.248 e. The van der Waals surface area contributed by atoms with Gasteiger partial charge < -0.3 is 15.4 Å². The van der Waals surface area contributed by atoms with Crippen LogP contribution in [0.3, 0.4) is 0 Å². The molecule has 1 aliphatic rings. The van der Waals surface area contributed by atoms with Gasteiger partial charge in [0.1, 0.15) is 6.61 Å². The van der Waals surface area contributed by atoms with Gasteiger partial charge in [0.15, 0.2) is 0 Å². The van der Waals surface area contributed by atoms with E-state index in [1.54, 1.807) is 11.9 Å². The van der Waals surface area contributed by atoms with E-state index in [9.17, 15) is 4.79 Å². The third-order valence-electron chi connectivity index (χ3n) is 3.11. The molecule has 0 aromatic heterocycles. The summed E-state index contributed by atoms with van der Waals surface area (Å²) in [6.07, 6.45) is 6.75. The van der Waals surface area contributed by atoms with Gasteiger partial charge in [-0.3, -0.25) is 4.79 Å². The van der Waals surface area contributed by atoms with Crippen molar-refractivity contribution in [2.75, 3.05) is 20.2 Å². The summed E-state index contributed by atoms with van der Waals surface area (Å²) >= 11 is 4.78. The van der Waals surface area contributed by atoms with E-state index in [0.29, 0.717) is 18.0 Å². The zero-order valence-corrected chi connectivity index (χ0v) is 11.3. The molecule has 98 valence electrons. The first-order valence-electron chi connectivity index (χ1n) is 6.23. The first-order chi connectivity index (χ1) is 8.09. The van der Waals surface area contributed by atoms with E-state index < -0.39 is 0 Å². The number of thiocarbonyl (C=S) groups is 1. The minimum atomic E-state index is 0.00632. The maximum Gasteiger partial charge on any atom is 0.248 e. The lowest BCUT2D eigenvalue weighted by Gasteiger charge is -2.23. The molecule has 0 unspecified atom stereocenters. The van der Waals surface area contributed by atoms with E-state index in [1.165, 1.54) is 19.3 Å². The van der Waals surface area contributed by atoms with Crippen LogP contribution in [0.5, 0.6) is 0 Å². The molecule has 1 amide bonds. The summed E-state index contributed by atoms with van der Waals surface area (Å²) in [7, 11) is 1.75. The first kappa shape index (κ1) is 14.4. The lowest BCUT2D eigenvalue weighted by molar-refractivity contribution is -0.137. The molecule has 0 aliphatic heterocycles. The normalized spacial score (nSPS) is 16.8. The average molecular weight is 258 g/mol. The van der Waals surface area contributed by atoms with Crippen LogP contribution in [0.15, 0.2) is 0 Å². The van der Waals surface area contributed by atoms with Crippen LogP contribution in [0.4, 0.5) is 0 Å². The van der Waals surface area contributed by atoms with E-state index in [1.807, 2.05) is 0 Å². The number of likely N-dealkylation sites (N-methyl/N-ethyl adjacent to an activating group) is 1. The van der Waals surface area contributed by atoms with Gasteiger partial charge in [0.2, 0.25) is 5.91 Å². The lowest BCUT2D eigenvalue weighted by atomic mass is 9.98. The molecule has 1 rings (SSSR count). The van der Waals surface area contributed by atoms with Crippen LogP contribution in [0, 0.1) is 0 Å². The van der Waals surface area contributed by atoms with E-state index in [0.717, 1.165) is 12.8 Å². The Morgan fingerprint density at radius 2 is 2.06 bits per heavy atom. The first-order valence-corrected chi connectivity index (χ1v) is 6.64. The molecule has 0 atom stereocenters. The van der Waals surface area contributed by atoms with E-state index in [2.05, 4.69) is 0 Å². The van der Waals surface area contributed by atoms with Crippen LogP contribution in [0.1, 0.15) is 38.5 Å². The van der Waals surface area contributed by atoms with Crippen LogP contribution in [0.2, 0.25) is 0 Å². The topological polar surface area (TPSA) is 55.6 Å². The van der Waals surface area contributed by atoms with Crippen molar-refractivity contribution < 1.29 is 9.53 Å². The van der Waals surface area contributed by atoms with Crippen LogP contribution in [-0.4, -0.2) is 42.1 Å². The maximum absolute atomic E-state index is 11.7. The summed E-state index contributed by atoms with van der Waals surface area (Å²) in [6.45, 7) is 0.751. The summed E-state index contributed by atoms with van der Waals surface area (Å²) in [4.78, 5) is 13.8. The second-order valence-electron chi connectivity index (χ2n) is 4.60. The van der Waals surface area contributed by atoms with Crippen LogP contribution >= 0.6 is 12.2 Å². The third-order valence-corrected chi connectivity index (χ3v) is 3.32. The predicted molar refractivity (Wildman–Crippen MR) is 71.9 cm³/mol. The minimum absolute atomic E-state index is 0.00632. The molecule has 0 radical (unpaired) electrons. The van der Waals surface area contributed by atoms with Gasteiger partial charge in [0, 0.05) is 20.0 Å². The monoisotopic (exact) mass is 258 g/mol. The molecular formula is C12H22N2O2S. The van der Waals surface area contributed by atoms with Crippen molar-refractivity contribution in [2.24, 2.45) is 5.73 Å². The highest BCUT2D eigenvalue weighted by Gasteiger charge is 2.16. The second-order valence-corrected chi connectivity index (χ2v) is 5.13. The summed E-state index contributed by atoms with van der Waals surface area (Å²) < 4.78 is 5.62. The molecule has 17 heavy (non-hydrogen) atoms. The number of hydrogen-bond acceptors (Lipinski definition) is 3. The molecule has 0 spiro atoms. The number of carbonyl (C=O) groups is 1. The molecule has 2 N–H and O–H groups in total. The highest BCUT2D eigenvalue weighted by molar-refractivity contribution is 7.80. The molecule has 1 aliphatic carbocycles. The summed E-state index contributed by atoms with van der Waals surface area (Å²) in [5.41, 5.74) is 5.39. The molecule has 0 saturated heterocycles. The number of nitrogens with zero attached hydrogens (tertiary/aromatic N) is 1. The van der Waals surface area contributed by atoms with Crippen molar-refractivity contribution in [3.05, 3.63) is 0 Å². The van der Waals surface area contributed by atoms with Crippen molar-refractivity contribution in [1.82, 2.24) is 4.90 Å². The molecule has 0 heterocycles. The van der Waals surface area contributed by atoms with Crippen LogP contribution in [0.25, 0.3) is 0 Å². The molecule has 0 aromatic carbocycles. The highest BCUT2D eigenvalue weighted by atomic mass is 32.1. The zero-order valence-electron chi connectivity index (χ0n) is 10.5. The van der Waals surface area contributed by atoms with Gasteiger partial charge in [0.25, 0.3) is 0 Å². The second kappa shape index (κ2) is 7.61. The van der Waals surface area contributed by atoms with Gasteiger partial charge in [0.05, 0.1) is 11.1 Å². The number of carbonyl (C=O) groups excluding carboxylic acids is 1. The molecule has 0 aromatic rings. The van der Waals surface area contributed by atoms with Crippen molar-refractivity contribution in [2.45, 2.75) is 44.6 Å². The standard InChI is InChI=1S/C12H22N2O2S/c1-14(8-7-11(13)17)12(15)9-16-10-5-3-2-4-6-10/h10H,2-9H2,1H3,(H2,13,17). The Balaban J connectivity index is 2.16. The van der Waals surface area contributed by atoms with Crippen molar-refractivity contribution in [3.63, 3.8) is 0 Å². The number of nitrogens with two attached hydrogens (primary N) is 1. The fourth-order valence-corrected chi connectivity index (χ4v) is 2.03. The highest BCUT2D eigenvalue weighted by Crippen LogP contribution is 2.20. The largest absolute Gasteiger partial charge is 0.393 e. The summed E-state index contributed by atoms with van der Waals surface area (Å²) in [5.74, 6) is 0.00632. The quantitative estimate of drug-likeness (QED) is 0.733. The predicted octanol–water partition coefficient (Wildman–Crippen LogP) is 1.47. The maximum atomic E-state index is 11.7. The Bertz CT molecular complexity index is 265. The van der Waals surface area contributed by atoms with Gasteiger partial charge in [-0.25, -0.2) is 0 Å². The Kier molecular flexibility index (Phi) is 6.44. The summed E-state index contributed by atoms with van der Waals surface area (Å²) in [6, 6.07) is 0. The average Bonchev–Trinajstić information content (AvgIpc) is 2.34. The Labute approximate surface area is 108 Å². The van der Waals surface area contributed by atoms with Crippen molar-refractivity contribution in [3.8, 4) is 0 Å². The zero-order chi connectivity index (χ0) is 12.7. The van der Waals surface area contributed by atoms with Gasteiger partial charge in [-0.05, 0) is 12.8 Å². The third kappa shape index (κ3) is 5.98. The number of ether oxygens (including phenoxy) is 1. The van der Waals surface area contributed by atoms with E-state index in [4.69, 9.17) is 22.7 Å². The molecule has 1 fully saturated rings. The number of hydrogen-bond donors (Lipinski definition) is 1. The molecular weight excluding hydrogens is 236 g/mol. The minimum Gasteiger partial charge on any atom is -0.393 e. The van der Waals surface area contributed by atoms with Gasteiger partial charge in [-0.1, -0.05) is 31.5 Å². The van der Waals surface area contributed by atoms with Gasteiger partial charge in [-0.2, -0.15) is 0 Å². The van der Waals surface area contributed by atoms with Crippen LogP contribution < -0.4 is 5.73 Å². The van der Waals surface area contributed by atoms with Crippen molar-refractivity contribution in [1.29, 1.82) is 0 Å². The number of amides is 1. The Morgan fingerprint density at radius 1 is 1.41 bits per heavy atom. The molecule has 0 bridgehead atoms. The Morgan fingerprint density at radius 3 is 2.65 bits per heavy atom. The fourth-order valence-electron chi connectivity index (χ4n) is 1.93. The van der Waals surface area contributed by atoms with Gasteiger partial charge >= 0.3 is 0 Å². The lowest BCUT2D eigenvalue weighted by Crippen LogP contribution is -2.34. The fraction of sp³-hybridized carbons (Fsp3) is 0.833. The van der Waals surface area contributed by atoms with E-state index in [-0.39, 0.29) is 18.6 Å². The van der Waals surface area contributed by atoms with Crippen LogP contribution in [-0.2, 0) is 9.53 Å². The Hall–Kier alpha value is -0.680. The van der Waals surface area contributed by atoms with E-state index >= 15 is 0 Å². The molecule has 5 heteroatoms. The van der Waals surface area contributed by atoms with Gasteiger partial charge in [-0.15, -0.1) is 0 Å². The van der Waals surface area contributed by atoms with Crippen molar-refractivity contribution >= 4 is 23.1 Å².